The summed E-state index contributed by atoms with van der Waals surface area (Å²) in [4.78, 5) is 41.0. The number of hydrogen-bond donors (Lipinski definition) is 3. The lowest BCUT2D eigenvalue weighted by Crippen LogP contribution is -2.52. The number of ether oxygens (including phenoxy) is 1. The smallest absolute Gasteiger partial charge is 0.272 e. The summed E-state index contributed by atoms with van der Waals surface area (Å²) in [6, 6.07) is 11.6. The number of carbonyl (C=O) groups excluding carboxylic acids is 2. The molecule has 1 fully saturated rings. The maximum atomic E-state index is 14.7. The van der Waals surface area contributed by atoms with Crippen LogP contribution < -0.4 is 16.2 Å². The van der Waals surface area contributed by atoms with Gasteiger partial charge in [0.2, 0.25) is 5.91 Å². The third-order valence-corrected chi connectivity index (χ3v) is 6.52. The van der Waals surface area contributed by atoms with Gasteiger partial charge >= 0.3 is 0 Å². The monoisotopic (exact) mass is 524 g/mol. The number of fused-ring (bicyclic) bond motifs is 1. The molecule has 2 aromatic carbocycles. The van der Waals surface area contributed by atoms with Gasteiger partial charge in [0, 0.05) is 51.1 Å². The number of amides is 2. The van der Waals surface area contributed by atoms with Crippen LogP contribution in [0.25, 0.3) is 10.8 Å². The molecule has 3 aromatic rings. The molecule has 202 valence electrons. The Balaban J connectivity index is 1.32. The van der Waals surface area contributed by atoms with E-state index in [1.54, 1.807) is 34.1 Å². The number of aromatic amines is 1. The Morgan fingerprint density at radius 3 is 2.50 bits per heavy atom. The average Bonchev–Trinajstić information content (AvgIpc) is 2.95. The van der Waals surface area contributed by atoms with Crippen LogP contribution in [-0.2, 0) is 16.0 Å². The van der Waals surface area contributed by atoms with Crippen molar-refractivity contribution < 1.29 is 18.7 Å². The molecule has 38 heavy (non-hydrogen) atoms. The Bertz CT molecular complexity index is 1320. The first kappa shape index (κ1) is 27.4. The quantitative estimate of drug-likeness (QED) is 0.317. The van der Waals surface area contributed by atoms with E-state index in [1.807, 2.05) is 19.2 Å². The predicted octanol–water partition coefficient (Wildman–Crippen LogP) is 0.763. The molecule has 11 heteroatoms. The molecule has 2 heterocycles. The summed E-state index contributed by atoms with van der Waals surface area (Å²) in [5, 5.41) is 14.0. The van der Waals surface area contributed by atoms with Gasteiger partial charge in [-0.2, -0.15) is 5.10 Å². The summed E-state index contributed by atoms with van der Waals surface area (Å²) in [7, 11) is 1.86. The number of benzene rings is 2. The first-order valence-corrected chi connectivity index (χ1v) is 12.7. The van der Waals surface area contributed by atoms with E-state index in [0.717, 1.165) is 6.54 Å². The van der Waals surface area contributed by atoms with Crippen LogP contribution in [0.2, 0.25) is 0 Å². The highest BCUT2D eigenvalue weighted by molar-refractivity contribution is 5.95. The third kappa shape index (κ3) is 6.80. The van der Waals surface area contributed by atoms with E-state index in [9.17, 15) is 18.8 Å². The zero-order valence-electron chi connectivity index (χ0n) is 21.5. The number of H-pyrrole nitrogens is 1. The fourth-order valence-corrected chi connectivity index (χ4v) is 4.40. The van der Waals surface area contributed by atoms with Crippen molar-refractivity contribution in [2.75, 3.05) is 66.1 Å². The minimum atomic E-state index is -0.599. The summed E-state index contributed by atoms with van der Waals surface area (Å²) in [6.07, 6.45) is 0.327. The molecular weight excluding hydrogens is 491 g/mol. The second-order valence-corrected chi connectivity index (χ2v) is 9.10. The molecule has 0 radical (unpaired) electrons. The van der Waals surface area contributed by atoms with E-state index in [2.05, 4.69) is 20.8 Å². The molecular formula is C27H33FN6O4. The van der Waals surface area contributed by atoms with E-state index in [0.29, 0.717) is 74.4 Å². The number of nitrogens with zero attached hydrogens (tertiary/aromatic N) is 3. The maximum absolute atomic E-state index is 14.7. The number of likely N-dealkylation sites (N-methyl/N-ethyl adjacent to an activating group) is 1. The Kier molecular flexibility index (Phi) is 9.52. The summed E-state index contributed by atoms with van der Waals surface area (Å²) in [5.74, 6) is -1.05. The van der Waals surface area contributed by atoms with Crippen LogP contribution in [-0.4, -0.2) is 97.9 Å². The molecule has 4 rings (SSSR count). The molecule has 1 saturated heterocycles. The molecule has 2 amide bonds. The Labute approximate surface area is 220 Å². The van der Waals surface area contributed by atoms with Gasteiger partial charge in [-0.05, 0) is 30.8 Å². The van der Waals surface area contributed by atoms with Crippen molar-refractivity contribution in [1.29, 1.82) is 0 Å². The van der Waals surface area contributed by atoms with Gasteiger partial charge in [-0.25, -0.2) is 9.49 Å². The van der Waals surface area contributed by atoms with Gasteiger partial charge in [0.1, 0.15) is 5.82 Å². The van der Waals surface area contributed by atoms with Gasteiger partial charge < -0.3 is 25.2 Å². The Morgan fingerprint density at radius 2 is 1.74 bits per heavy atom. The highest BCUT2D eigenvalue weighted by Crippen LogP contribution is 2.20. The van der Waals surface area contributed by atoms with Crippen molar-refractivity contribution in [3.63, 3.8) is 0 Å². The van der Waals surface area contributed by atoms with Crippen molar-refractivity contribution in [2.45, 2.75) is 6.42 Å². The van der Waals surface area contributed by atoms with Crippen LogP contribution in [0.5, 0.6) is 0 Å². The average molecular weight is 525 g/mol. The molecule has 0 aliphatic carbocycles. The lowest BCUT2D eigenvalue weighted by Gasteiger charge is -2.35. The molecule has 0 spiro atoms. The summed E-state index contributed by atoms with van der Waals surface area (Å²) >= 11 is 0. The second-order valence-electron chi connectivity index (χ2n) is 9.10. The van der Waals surface area contributed by atoms with E-state index >= 15 is 0 Å². The molecule has 1 aromatic heterocycles. The molecule has 0 unspecified atom stereocenters. The number of aromatic nitrogens is 2. The van der Waals surface area contributed by atoms with Crippen LogP contribution >= 0.6 is 0 Å². The van der Waals surface area contributed by atoms with Gasteiger partial charge in [-0.3, -0.25) is 14.4 Å². The number of carbonyl (C=O) groups is 2. The normalized spacial score (nSPS) is 13.7. The zero-order valence-corrected chi connectivity index (χ0v) is 21.5. The highest BCUT2D eigenvalue weighted by Gasteiger charge is 2.26. The summed E-state index contributed by atoms with van der Waals surface area (Å²) < 4.78 is 20.1. The molecule has 10 nitrogen and oxygen atoms in total. The summed E-state index contributed by atoms with van der Waals surface area (Å²) in [5.41, 5.74) is 1.04. The Hall–Kier alpha value is -3.67. The zero-order chi connectivity index (χ0) is 26.9. The lowest BCUT2D eigenvalue weighted by molar-refractivity contribution is -0.131. The summed E-state index contributed by atoms with van der Waals surface area (Å²) in [6.45, 7) is 4.13. The minimum Gasteiger partial charge on any atom is -0.379 e. The van der Waals surface area contributed by atoms with Gasteiger partial charge in [0.05, 0.1) is 36.4 Å². The van der Waals surface area contributed by atoms with Crippen LogP contribution in [0.4, 0.5) is 4.39 Å². The second kappa shape index (κ2) is 13.2. The van der Waals surface area contributed by atoms with Gasteiger partial charge in [-0.1, -0.05) is 24.3 Å². The predicted molar refractivity (Wildman–Crippen MR) is 142 cm³/mol. The number of hydrogen-bond acceptors (Lipinski definition) is 7. The van der Waals surface area contributed by atoms with Gasteiger partial charge in [0.15, 0.2) is 0 Å². The fourth-order valence-electron chi connectivity index (χ4n) is 4.40. The standard InChI is InChI=1S/C27H33FN6O4/c1-29-8-14-38-15-9-30-18-25(35)33-10-12-34(13-11-33)27(37)22-16-19(6-7-23(22)28)17-24-20-4-2-3-5-21(20)26(36)32-31-24/h2-7,16,29-30H,8-15,17-18H2,1H3,(H,32,36). The largest absolute Gasteiger partial charge is 0.379 e. The van der Waals surface area contributed by atoms with Crippen molar-refractivity contribution >= 4 is 22.6 Å². The highest BCUT2D eigenvalue weighted by atomic mass is 19.1. The van der Waals surface area contributed by atoms with E-state index < -0.39 is 11.7 Å². The first-order valence-electron chi connectivity index (χ1n) is 12.7. The molecule has 1 aliphatic rings. The number of piperazine rings is 1. The van der Waals surface area contributed by atoms with E-state index in [4.69, 9.17) is 4.74 Å². The van der Waals surface area contributed by atoms with Crippen LogP contribution in [0, 0.1) is 5.82 Å². The third-order valence-electron chi connectivity index (χ3n) is 6.52. The molecule has 3 N–H and O–H groups in total. The fraction of sp³-hybridized carbons (Fsp3) is 0.407. The molecule has 0 atom stereocenters. The van der Waals surface area contributed by atoms with Crippen LogP contribution in [0.1, 0.15) is 21.6 Å². The van der Waals surface area contributed by atoms with E-state index in [1.165, 1.54) is 6.07 Å². The van der Waals surface area contributed by atoms with Gasteiger partial charge in [-0.15, -0.1) is 0 Å². The minimum absolute atomic E-state index is 0.0176. The number of nitrogens with one attached hydrogen (secondary N) is 3. The maximum Gasteiger partial charge on any atom is 0.272 e. The van der Waals surface area contributed by atoms with Crippen molar-refractivity contribution in [3.05, 3.63) is 75.5 Å². The lowest BCUT2D eigenvalue weighted by atomic mass is 10.0. The van der Waals surface area contributed by atoms with E-state index in [-0.39, 0.29) is 23.6 Å². The van der Waals surface area contributed by atoms with Gasteiger partial charge in [0.25, 0.3) is 11.5 Å². The topological polar surface area (TPSA) is 120 Å². The molecule has 1 aliphatic heterocycles. The van der Waals surface area contributed by atoms with Crippen molar-refractivity contribution in [2.24, 2.45) is 0 Å². The van der Waals surface area contributed by atoms with Crippen LogP contribution in [0.15, 0.2) is 47.3 Å². The van der Waals surface area contributed by atoms with Crippen LogP contribution in [0.3, 0.4) is 0 Å². The Morgan fingerprint density at radius 1 is 1.03 bits per heavy atom. The number of halogens is 1. The first-order chi connectivity index (χ1) is 18.5. The molecule has 0 saturated carbocycles. The number of rotatable bonds is 11. The molecule has 0 bridgehead atoms. The van der Waals surface area contributed by atoms with Crippen molar-refractivity contribution in [3.8, 4) is 0 Å². The van der Waals surface area contributed by atoms with Crippen molar-refractivity contribution in [1.82, 2.24) is 30.6 Å². The SMILES string of the molecule is CNCCOCCNCC(=O)N1CCN(C(=O)c2cc(Cc3n[nH]c(=O)c4ccccc34)ccc2F)CC1.